The van der Waals surface area contributed by atoms with Crippen molar-refractivity contribution in [3.8, 4) is 5.75 Å². The summed E-state index contributed by atoms with van der Waals surface area (Å²) in [4.78, 5) is 12.3. The third-order valence-corrected chi connectivity index (χ3v) is 3.99. The number of carbonyl (C=O) groups is 1. The lowest BCUT2D eigenvalue weighted by Gasteiger charge is -2.11. The van der Waals surface area contributed by atoms with Gasteiger partial charge >= 0.3 is 0 Å². The van der Waals surface area contributed by atoms with E-state index < -0.39 is 0 Å². The summed E-state index contributed by atoms with van der Waals surface area (Å²) >= 11 is 0. The van der Waals surface area contributed by atoms with Crippen LogP contribution in [0, 0.1) is 0 Å². The van der Waals surface area contributed by atoms with Gasteiger partial charge in [-0.15, -0.1) is 0 Å². The number of ether oxygens (including phenoxy) is 2. The van der Waals surface area contributed by atoms with E-state index in [2.05, 4.69) is 12.2 Å². The van der Waals surface area contributed by atoms with Gasteiger partial charge in [-0.05, 0) is 41.8 Å². The molecule has 4 nitrogen and oxygen atoms in total. The van der Waals surface area contributed by atoms with Gasteiger partial charge in [0.1, 0.15) is 5.75 Å². The van der Waals surface area contributed by atoms with Crippen LogP contribution in [0.25, 0.3) is 0 Å². The van der Waals surface area contributed by atoms with Crippen LogP contribution in [0.2, 0.25) is 0 Å². The van der Waals surface area contributed by atoms with Crippen LogP contribution in [-0.4, -0.2) is 19.6 Å². The van der Waals surface area contributed by atoms with Crippen LogP contribution >= 0.6 is 0 Å². The van der Waals surface area contributed by atoms with E-state index in [9.17, 15) is 4.79 Å². The normalized spacial score (nSPS) is 10.5. The van der Waals surface area contributed by atoms with Crippen LogP contribution < -0.4 is 10.1 Å². The van der Waals surface area contributed by atoms with Crippen molar-refractivity contribution in [2.45, 2.75) is 39.3 Å². The molecule has 4 heteroatoms. The monoisotopic (exact) mass is 341 g/mol. The molecule has 1 amide bonds. The Labute approximate surface area is 150 Å². The number of methoxy groups -OCH3 is 1. The Morgan fingerprint density at radius 1 is 1.00 bits per heavy atom. The smallest absolute Gasteiger partial charge is 0.251 e. The van der Waals surface area contributed by atoms with Gasteiger partial charge in [0.2, 0.25) is 0 Å². The molecule has 2 aromatic carbocycles. The summed E-state index contributed by atoms with van der Waals surface area (Å²) in [5.74, 6) is 0.711. The summed E-state index contributed by atoms with van der Waals surface area (Å²) in [6.07, 6.45) is 3.40. The lowest BCUT2D eigenvalue weighted by atomic mass is 10.1. The Morgan fingerprint density at radius 2 is 1.72 bits per heavy atom. The molecule has 0 aliphatic heterocycles. The maximum absolute atomic E-state index is 12.3. The van der Waals surface area contributed by atoms with Gasteiger partial charge in [0.15, 0.2) is 0 Å². The van der Waals surface area contributed by atoms with Gasteiger partial charge in [-0.3, -0.25) is 4.79 Å². The van der Waals surface area contributed by atoms with E-state index in [1.165, 1.54) is 12.8 Å². The Morgan fingerprint density at radius 3 is 2.40 bits per heavy atom. The largest absolute Gasteiger partial charge is 0.494 e. The van der Waals surface area contributed by atoms with Gasteiger partial charge in [0, 0.05) is 19.2 Å². The zero-order chi connectivity index (χ0) is 17.9. The number of hydrogen-bond donors (Lipinski definition) is 1. The highest BCUT2D eigenvalue weighted by Gasteiger charge is 2.07. The number of rotatable bonds is 10. The molecule has 0 aliphatic carbocycles. The van der Waals surface area contributed by atoms with Crippen LogP contribution in [-0.2, 0) is 17.9 Å². The fourth-order valence-electron chi connectivity index (χ4n) is 2.55. The fraction of sp³-hybridized carbons (Fsp3) is 0.381. The molecular weight excluding hydrogens is 314 g/mol. The van der Waals surface area contributed by atoms with Gasteiger partial charge in [-0.1, -0.05) is 44.0 Å². The predicted molar refractivity (Wildman–Crippen MR) is 99.8 cm³/mol. The number of amides is 1. The first kappa shape index (κ1) is 19.0. The molecule has 0 aliphatic rings. The van der Waals surface area contributed by atoms with Crippen molar-refractivity contribution in [3.63, 3.8) is 0 Å². The van der Waals surface area contributed by atoms with E-state index in [0.717, 1.165) is 29.9 Å². The predicted octanol–water partition coefficient (Wildman–Crippen LogP) is 4.33. The summed E-state index contributed by atoms with van der Waals surface area (Å²) in [5.41, 5.74) is 2.78. The first-order chi connectivity index (χ1) is 12.2. The van der Waals surface area contributed by atoms with Crippen LogP contribution in [0.4, 0.5) is 0 Å². The standard InChI is InChI=1S/C21H27NO3/c1-3-4-7-14-25-20-12-10-17(11-13-20)21(23)22-15-18-8-5-6-9-19(18)16-24-2/h5-6,8-13H,3-4,7,14-16H2,1-2H3,(H,22,23). The van der Waals surface area contributed by atoms with Crippen molar-refractivity contribution in [1.29, 1.82) is 0 Å². The lowest BCUT2D eigenvalue weighted by molar-refractivity contribution is 0.0950. The fourth-order valence-corrected chi connectivity index (χ4v) is 2.55. The van der Waals surface area contributed by atoms with Crippen LogP contribution in [0.5, 0.6) is 5.75 Å². The van der Waals surface area contributed by atoms with Gasteiger partial charge < -0.3 is 14.8 Å². The van der Waals surface area contributed by atoms with Gasteiger partial charge in [0.05, 0.1) is 13.2 Å². The van der Waals surface area contributed by atoms with E-state index in [-0.39, 0.29) is 5.91 Å². The molecule has 134 valence electrons. The number of benzene rings is 2. The summed E-state index contributed by atoms with van der Waals surface area (Å²) in [6, 6.07) is 15.2. The van der Waals surface area contributed by atoms with Crippen molar-refractivity contribution in [3.05, 3.63) is 65.2 Å². The average Bonchev–Trinajstić information content (AvgIpc) is 2.65. The summed E-state index contributed by atoms with van der Waals surface area (Å²) in [6.45, 7) is 3.90. The highest BCUT2D eigenvalue weighted by atomic mass is 16.5. The second-order valence-corrected chi connectivity index (χ2v) is 5.96. The topological polar surface area (TPSA) is 47.6 Å². The van der Waals surface area contributed by atoms with Gasteiger partial charge in [-0.2, -0.15) is 0 Å². The highest BCUT2D eigenvalue weighted by molar-refractivity contribution is 5.94. The third kappa shape index (κ3) is 6.24. The molecule has 0 heterocycles. The maximum atomic E-state index is 12.3. The van der Waals surface area contributed by atoms with Crippen molar-refractivity contribution in [2.75, 3.05) is 13.7 Å². The molecule has 0 radical (unpaired) electrons. The summed E-state index contributed by atoms with van der Waals surface area (Å²) < 4.78 is 10.9. The molecule has 0 spiro atoms. The number of nitrogens with one attached hydrogen (secondary N) is 1. The molecule has 1 N–H and O–H groups in total. The molecule has 0 unspecified atom stereocenters. The molecule has 0 saturated heterocycles. The number of hydrogen-bond acceptors (Lipinski definition) is 3. The molecule has 0 atom stereocenters. The molecule has 0 fully saturated rings. The highest BCUT2D eigenvalue weighted by Crippen LogP contribution is 2.14. The van der Waals surface area contributed by atoms with Crippen LogP contribution in [0.3, 0.4) is 0 Å². The molecule has 2 rings (SSSR count). The molecular formula is C21H27NO3. The SMILES string of the molecule is CCCCCOc1ccc(C(=O)NCc2ccccc2COC)cc1. The Balaban J connectivity index is 1.86. The van der Waals surface area contributed by atoms with Crippen molar-refractivity contribution < 1.29 is 14.3 Å². The van der Waals surface area contributed by atoms with Crippen LogP contribution in [0.15, 0.2) is 48.5 Å². The second-order valence-electron chi connectivity index (χ2n) is 5.96. The molecule has 0 bridgehead atoms. The van der Waals surface area contributed by atoms with E-state index in [0.29, 0.717) is 18.7 Å². The lowest BCUT2D eigenvalue weighted by Crippen LogP contribution is -2.23. The van der Waals surface area contributed by atoms with Gasteiger partial charge in [-0.25, -0.2) is 0 Å². The Bertz CT molecular complexity index is 652. The molecule has 2 aromatic rings. The van der Waals surface area contributed by atoms with Gasteiger partial charge in [0.25, 0.3) is 5.91 Å². The second kappa shape index (κ2) is 10.5. The van der Waals surface area contributed by atoms with Crippen molar-refractivity contribution in [1.82, 2.24) is 5.32 Å². The molecule has 0 saturated carbocycles. The zero-order valence-electron chi connectivity index (χ0n) is 15.1. The first-order valence-corrected chi connectivity index (χ1v) is 8.81. The minimum atomic E-state index is -0.0928. The quantitative estimate of drug-likeness (QED) is 0.654. The average molecular weight is 341 g/mol. The van der Waals surface area contributed by atoms with E-state index in [1.807, 2.05) is 36.4 Å². The zero-order valence-corrected chi connectivity index (χ0v) is 15.1. The maximum Gasteiger partial charge on any atom is 0.251 e. The minimum Gasteiger partial charge on any atom is -0.494 e. The minimum absolute atomic E-state index is 0.0928. The Hall–Kier alpha value is -2.33. The van der Waals surface area contributed by atoms with E-state index in [1.54, 1.807) is 19.2 Å². The Kier molecular flexibility index (Phi) is 7.99. The van der Waals surface area contributed by atoms with Crippen LogP contribution in [0.1, 0.15) is 47.7 Å². The van der Waals surface area contributed by atoms with Crippen molar-refractivity contribution in [2.24, 2.45) is 0 Å². The van der Waals surface area contributed by atoms with E-state index >= 15 is 0 Å². The first-order valence-electron chi connectivity index (χ1n) is 8.81. The van der Waals surface area contributed by atoms with Crippen molar-refractivity contribution >= 4 is 5.91 Å². The number of carbonyl (C=O) groups excluding carboxylic acids is 1. The van der Waals surface area contributed by atoms with E-state index in [4.69, 9.17) is 9.47 Å². The third-order valence-electron chi connectivity index (χ3n) is 3.99. The summed E-state index contributed by atoms with van der Waals surface area (Å²) in [5, 5.41) is 2.96. The summed E-state index contributed by atoms with van der Waals surface area (Å²) in [7, 11) is 1.67. The molecule has 0 aromatic heterocycles. The number of unbranched alkanes of at least 4 members (excludes halogenated alkanes) is 2. The molecule has 25 heavy (non-hydrogen) atoms.